The van der Waals surface area contributed by atoms with Crippen molar-refractivity contribution in [3.63, 3.8) is 0 Å². The highest BCUT2D eigenvalue weighted by atomic mass is 15.3. The lowest BCUT2D eigenvalue weighted by atomic mass is 10.1. The van der Waals surface area contributed by atoms with Crippen molar-refractivity contribution in [2.75, 3.05) is 42.5 Å². The maximum atomic E-state index is 5.01. The second kappa shape index (κ2) is 9.37. The van der Waals surface area contributed by atoms with Crippen LogP contribution in [-0.2, 0) is 0 Å². The van der Waals surface area contributed by atoms with Crippen molar-refractivity contribution in [3.05, 3.63) is 12.3 Å². The monoisotopic (exact) mass is 345 g/mol. The van der Waals surface area contributed by atoms with E-state index in [-0.39, 0.29) is 0 Å². The molecule has 1 aromatic rings. The fourth-order valence-corrected chi connectivity index (χ4v) is 4.01. The molecule has 0 amide bonds. The number of aromatic nitrogens is 2. The molecule has 0 radical (unpaired) electrons. The molecule has 0 aromatic carbocycles. The Morgan fingerprint density at radius 1 is 1.16 bits per heavy atom. The third kappa shape index (κ3) is 5.30. The van der Waals surface area contributed by atoms with Crippen LogP contribution >= 0.6 is 0 Å². The van der Waals surface area contributed by atoms with Crippen LogP contribution in [0, 0.1) is 5.92 Å². The van der Waals surface area contributed by atoms with Gasteiger partial charge in [-0.25, -0.2) is 4.98 Å². The lowest BCUT2D eigenvalue weighted by Crippen LogP contribution is -2.44. The molecule has 2 saturated heterocycles. The van der Waals surface area contributed by atoms with E-state index in [2.05, 4.69) is 40.0 Å². The van der Waals surface area contributed by atoms with E-state index in [1.807, 2.05) is 6.20 Å². The molecule has 0 saturated carbocycles. The fourth-order valence-electron chi connectivity index (χ4n) is 4.01. The van der Waals surface area contributed by atoms with Gasteiger partial charge in [0, 0.05) is 38.4 Å². The van der Waals surface area contributed by atoms with Gasteiger partial charge in [0.05, 0.1) is 0 Å². The topological polar surface area (TPSA) is 44.3 Å². The summed E-state index contributed by atoms with van der Waals surface area (Å²) in [5, 5.41) is 3.60. The molecule has 1 atom stereocenters. The lowest BCUT2D eigenvalue weighted by Gasteiger charge is -2.33. The largest absolute Gasteiger partial charge is 0.356 e. The fraction of sp³-hybridized carbons (Fsp3) is 0.800. The van der Waals surface area contributed by atoms with Crippen LogP contribution in [0.4, 0.5) is 11.8 Å². The van der Waals surface area contributed by atoms with Gasteiger partial charge in [-0.2, -0.15) is 4.98 Å². The summed E-state index contributed by atoms with van der Waals surface area (Å²) in [4.78, 5) is 14.6. The van der Waals surface area contributed by atoms with E-state index in [0.717, 1.165) is 44.5 Å². The predicted molar refractivity (Wildman–Crippen MR) is 105 cm³/mol. The summed E-state index contributed by atoms with van der Waals surface area (Å²) in [5.74, 6) is 2.64. The second-order valence-electron chi connectivity index (χ2n) is 8.02. The zero-order chi connectivity index (χ0) is 17.5. The van der Waals surface area contributed by atoms with Crippen molar-refractivity contribution in [2.24, 2.45) is 5.92 Å². The summed E-state index contributed by atoms with van der Waals surface area (Å²) in [6.45, 7) is 10.0. The molecule has 5 heteroatoms. The van der Waals surface area contributed by atoms with Gasteiger partial charge in [0.1, 0.15) is 5.82 Å². The van der Waals surface area contributed by atoms with E-state index in [4.69, 9.17) is 4.98 Å². The minimum absolute atomic E-state index is 0.504. The number of hydrogen-bond acceptors (Lipinski definition) is 5. The van der Waals surface area contributed by atoms with E-state index in [9.17, 15) is 0 Å². The molecule has 140 valence electrons. The Hall–Kier alpha value is -1.36. The molecule has 0 aliphatic carbocycles. The Morgan fingerprint density at radius 2 is 1.96 bits per heavy atom. The van der Waals surface area contributed by atoms with Crippen LogP contribution < -0.4 is 15.1 Å². The summed E-state index contributed by atoms with van der Waals surface area (Å²) in [7, 11) is 0. The van der Waals surface area contributed by atoms with Gasteiger partial charge in [0.15, 0.2) is 0 Å². The minimum atomic E-state index is 0.504. The van der Waals surface area contributed by atoms with E-state index in [0.29, 0.717) is 12.0 Å². The highest BCUT2D eigenvalue weighted by molar-refractivity contribution is 5.44. The van der Waals surface area contributed by atoms with Crippen LogP contribution in [-0.4, -0.2) is 48.7 Å². The third-order valence-electron chi connectivity index (χ3n) is 5.34. The summed E-state index contributed by atoms with van der Waals surface area (Å²) in [6, 6.07) is 2.59. The Kier molecular flexibility index (Phi) is 6.91. The highest BCUT2D eigenvalue weighted by Gasteiger charge is 2.24. The molecule has 2 aliphatic heterocycles. The molecule has 2 aliphatic rings. The maximum Gasteiger partial charge on any atom is 0.227 e. The first-order valence-corrected chi connectivity index (χ1v) is 10.3. The van der Waals surface area contributed by atoms with Gasteiger partial charge in [-0.3, -0.25) is 0 Å². The van der Waals surface area contributed by atoms with Gasteiger partial charge in [0.2, 0.25) is 5.95 Å². The molecule has 3 heterocycles. The zero-order valence-corrected chi connectivity index (χ0v) is 16.1. The Bertz CT molecular complexity index is 503. The van der Waals surface area contributed by atoms with Gasteiger partial charge in [-0.15, -0.1) is 0 Å². The van der Waals surface area contributed by atoms with Crippen molar-refractivity contribution in [2.45, 2.75) is 64.8 Å². The van der Waals surface area contributed by atoms with Crippen LogP contribution in [0.2, 0.25) is 0 Å². The molecule has 25 heavy (non-hydrogen) atoms. The first-order chi connectivity index (χ1) is 12.2. The standard InChI is InChI=1S/C20H35N5/c1-17(2)16-25(18-9-5-6-11-21-15-18)20-22-12-10-19(23-20)24-13-7-3-4-8-14-24/h10,12,17-18,21H,3-9,11,13-16H2,1-2H3/t18-/m0/s1. The second-order valence-corrected chi connectivity index (χ2v) is 8.02. The number of rotatable bonds is 5. The zero-order valence-electron chi connectivity index (χ0n) is 16.1. The summed E-state index contributed by atoms with van der Waals surface area (Å²) in [6.07, 6.45) is 11.0. The lowest BCUT2D eigenvalue weighted by molar-refractivity contribution is 0.490. The summed E-state index contributed by atoms with van der Waals surface area (Å²) >= 11 is 0. The maximum absolute atomic E-state index is 5.01. The van der Waals surface area contributed by atoms with Crippen LogP contribution in [0.1, 0.15) is 58.8 Å². The molecule has 1 aromatic heterocycles. The normalized spacial score (nSPS) is 22.5. The minimum Gasteiger partial charge on any atom is -0.356 e. The van der Waals surface area contributed by atoms with Crippen molar-refractivity contribution < 1.29 is 0 Å². The Balaban J connectivity index is 1.80. The van der Waals surface area contributed by atoms with Crippen LogP contribution in [0.5, 0.6) is 0 Å². The third-order valence-corrected chi connectivity index (χ3v) is 5.34. The molecule has 1 N–H and O–H groups in total. The van der Waals surface area contributed by atoms with E-state index < -0.39 is 0 Å². The Morgan fingerprint density at radius 3 is 2.72 bits per heavy atom. The van der Waals surface area contributed by atoms with Crippen LogP contribution in [0.25, 0.3) is 0 Å². The van der Waals surface area contributed by atoms with Gasteiger partial charge >= 0.3 is 0 Å². The number of anilines is 2. The molecule has 2 fully saturated rings. The quantitative estimate of drug-likeness (QED) is 0.885. The predicted octanol–water partition coefficient (Wildman–Crippen LogP) is 3.46. The van der Waals surface area contributed by atoms with Crippen LogP contribution in [0.3, 0.4) is 0 Å². The molecule has 5 nitrogen and oxygen atoms in total. The molecule has 0 bridgehead atoms. The van der Waals surface area contributed by atoms with Crippen molar-refractivity contribution in [1.29, 1.82) is 0 Å². The molecule has 0 spiro atoms. The van der Waals surface area contributed by atoms with Crippen molar-refractivity contribution >= 4 is 11.8 Å². The van der Waals surface area contributed by atoms with Crippen molar-refractivity contribution in [1.82, 2.24) is 15.3 Å². The first-order valence-electron chi connectivity index (χ1n) is 10.3. The number of nitrogens with one attached hydrogen (secondary N) is 1. The molecular formula is C20H35N5. The molecular weight excluding hydrogens is 310 g/mol. The highest BCUT2D eigenvalue weighted by Crippen LogP contribution is 2.23. The van der Waals surface area contributed by atoms with Gasteiger partial charge < -0.3 is 15.1 Å². The van der Waals surface area contributed by atoms with E-state index in [1.165, 1.54) is 44.9 Å². The van der Waals surface area contributed by atoms with Gasteiger partial charge in [-0.05, 0) is 44.2 Å². The molecule has 3 rings (SSSR count). The van der Waals surface area contributed by atoms with E-state index in [1.54, 1.807) is 0 Å². The Labute approximate surface area is 153 Å². The summed E-state index contributed by atoms with van der Waals surface area (Å²) < 4.78 is 0. The number of nitrogens with zero attached hydrogens (tertiary/aromatic N) is 4. The first kappa shape index (κ1) is 18.4. The van der Waals surface area contributed by atoms with Gasteiger partial charge in [0.25, 0.3) is 0 Å². The summed E-state index contributed by atoms with van der Waals surface area (Å²) in [5.41, 5.74) is 0. The van der Waals surface area contributed by atoms with Gasteiger partial charge in [-0.1, -0.05) is 33.1 Å². The van der Waals surface area contributed by atoms with Crippen molar-refractivity contribution in [3.8, 4) is 0 Å². The van der Waals surface area contributed by atoms with E-state index >= 15 is 0 Å². The van der Waals surface area contributed by atoms with Crippen LogP contribution in [0.15, 0.2) is 12.3 Å². The smallest absolute Gasteiger partial charge is 0.227 e. The number of hydrogen-bond donors (Lipinski definition) is 1. The molecule has 0 unspecified atom stereocenters. The average molecular weight is 346 g/mol. The average Bonchev–Trinajstić information content (AvgIpc) is 3.05. The SMILES string of the molecule is CC(C)CN(c1nccc(N2CCCCCC2)n1)[C@H]1CCCCNC1.